The summed E-state index contributed by atoms with van der Waals surface area (Å²) in [5, 5.41) is 13.7. The second-order valence-electron chi connectivity index (χ2n) is 7.33. The van der Waals surface area contributed by atoms with Crippen molar-refractivity contribution in [2.24, 2.45) is 7.05 Å². The molecule has 1 aliphatic rings. The molecule has 30 heavy (non-hydrogen) atoms. The number of halogens is 1. The Bertz CT molecular complexity index is 1210. The number of hydrogen-bond donors (Lipinski definition) is 3. The summed E-state index contributed by atoms with van der Waals surface area (Å²) in [7, 11) is 1.89. The number of nitrogen functional groups attached to an aromatic ring is 1. The van der Waals surface area contributed by atoms with Gasteiger partial charge >= 0.3 is 0 Å². The number of aryl methyl sites for hydroxylation is 2. The van der Waals surface area contributed by atoms with Crippen LogP contribution in [0.3, 0.4) is 0 Å². The lowest BCUT2D eigenvalue weighted by Gasteiger charge is -2.16. The minimum atomic E-state index is -1.56. The third-order valence-electron chi connectivity index (χ3n) is 5.25. The second-order valence-corrected chi connectivity index (χ2v) is 7.33. The molecule has 8 heteroatoms. The van der Waals surface area contributed by atoms with E-state index >= 15 is 0 Å². The van der Waals surface area contributed by atoms with Crippen molar-refractivity contribution in [3.63, 3.8) is 0 Å². The molecule has 0 aliphatic heterocycles. The quantitative estimate of drug-likeness (QED) is 0.615. The van der Waals surface area contributed by atoms with E-state index in [1.807, 2.05) is 30.8 Å². The molecule has 3 aromatic rings. The summed E-state index contributed by atoms with van der Waals surface area (Å²) in [6, 6.07) is 5.38. The third kappa shape index (κ3) is 3.46. The molecule has 1 aliphatic carbocycles. The zero-order valence-electron chi connectivity index (χ0n) is 16.7. The van der Waals surface area contributed by atoms with Gasteiger partial charge in [0.1, 0.15) is 23.6 Å². The van der Waals surface area contributed by atoms with Gasteiger partial charge in [0, 0.05) is 36.5 Å². The number of hydrogen-bond acceptors (Lipinski definition) is 5. The fraction of sp³-hybridized carbons (Fsp3) is 0.227. The van der Waals surface area contributed by atoms with Gasteiger partial charge in [0.05, 0.1) is 5.39 Å². The van der Waals surface area contributed by atoms with Crippen molar-refractivity contribution in [3.8, 4) is 11.1 Å². The number of benzene rings is 1. The van der Waals surface area contributed by atoms with E-state index in [2.05, 4.69) is 15.3 Å². The number of anilines is 2. The van der Waals surface area contributed by atoms with E-state index in [0.717, 1.165) is 27.7 Å². The van der Waals surface area contributed by atoms with Gasteiger partial charge in [-0.3, -0.25) is 4.79 Å². The first-order valence-corrected chi connectivity index (χ1v) is 9.57. The van der Waals surface area contributed by atoms with Gasteiger partial charge in [-0.05, 0) is 36.6 Å². The number of rotatable bonds is 4. The minimum Gasteiger partial charge on any atom is -0.383 e. The van der Waals surface area contributed by atoms with Crippen LogP contribution in [-0.4, -0.2) is 31.7 Å². The van der Waals surface area contributed by atoms with Gasteiger partial charge in [-0.2, -0.15) is 0 Å². The molecule has 1 amide bonds. The number of carbonyl (C=O) groups excluding carboxylic acids is 1. The number of nitrogens with one attached hydrogen (secondary N) is 1. The summed E-state index contributed by atoms with van der Waals surface area (Å²) in [4.78, 5) is 20.8. The molecular weight excluding hydrogens is 385 g/mol. The van der Waals surface area contributed by atoms with Crippen molar-refractivity contribution in [2.45, 2.75) is 25.9 Å². The Hall–Kier alpha value is -3.52. The van der Waals surface area contributed by atoms with Crippen LogP contribution in [0.2, 0.25) is 0 Å². The van der Waals surface area contributed by atoms with Gasteiger partial charge in [-0.25, -0.2) is 14.4 Å². The predicted octanol–water partition coefficient (Wildman–Crippen LogP) is 3.40. The lowest BCUT2D eigenvalue weighted by atomic mass is 9.99. The Balaban J connectivity index is 1.62. The van der Waals surface area contributed by atoms with Crippen LogP contribution >= 0.6 is 0 Å². The molecular formula is C22H22FN5O2. The molecule has 0 bridgehead atoms. The van der Waals surface area contributed by atoms with Crippen LogP contribution in [0.5, 0.6) is 0 Å². The standard InChI is InChI=1S/C22H22FN5O2/c1-12-9-13(27-22(30)19(29)15-5-3-4-6-17(15)23)7-8-14(12)16-10-28(2)21-18(16)20(24)25-11-26-21/h3,5,7-11,19,29H,4,6H2,1-2H3,(H,27,30)(H2,24,25,26). The van der Waals surface area contributed by atoms with Crippen molar-refractivity contribution < 1.29 is 14.3 Å². The van der Waals surface area contributed by atoms with E-state index in [4.69, 9.17) is 5.73 Å². The lowest BCUT2D eigenvalue weighted by Crippen LogP contribution is -2.29. The number of nitrogens with zero attached hydrogens (tertiary/aromatic N) is 3. The fourth-order valence-electron chi connectivity index (χ4n) is 3.73. The van der Waals surface area contributed by atoms with Crippen LogP contribution in [0.15, 0.2) is 54.3 Å². The first-order valence-electron chi connectivity index (χ1n) is 9.57. The summed E-state index contributed by atoms with van der Waals surface area (Å²) >= 11 is 0. The van der Waals surface area contributed by atoms with E-state index in [-0.39, 0.29) is 12.0 Å². The van der Waals surface area contributed by atoms with E-state index in [9.17, 15) is 14.3 Å². The molecule has 154 valence electrons. The first-order chi connectivity index (χ1) is 14.4. The van der Waals surface area contributed by atoms with Gasteiger partial charge in [0.2, 0.25) is 0 Å². The molecule has 0 fully saturated rings. The topological polar surface area (TPSA) is 106 Å². The summed E-state index contributed by atoms with van der Waals surface area (Å²) in [6.45, 7) is 1.91. The normalized spacial score (nSPS) is 14.9. The molecule has 4 rings (SSSR count). The van der Waals surface area contributed by atoms with Gasteiger partial charge in [0.15, 0.2) is 6.10 Å². The van der Waals surface area contributed by atoms with Gasteiger partial charge in [-0.1, -0.05) is 18.2 Å². The first kappa shape index (κ1) is 19.8. The Morgan fingerprint density at radius 2 is 2.13 bits per heavy atom. The van der Waals surface area contributed by atoms with Crippen molar-refractivity contribution >= 4 is 28.4 Å². The minimum absolute atomic E-state index is 0.0123. The number of fused-ring (bicyclic) bond motifs is 1. The van der Waals surface area contributed by atoms with Crippen LogP contribution in [-0.2, 0) is 11.8 Å². The summed E-state index contributed by atoms with van der Waals surface area (Å²) in [5.74, 6) is -0.740. The van der Waals surface area contributed by atoms with E-state index in [0.29, 0.717) is 17.9 Å². The van der Waals surface area contributed by atoms with Gasteiger partial charge in [-0.15, -0.1) is 0 Å². The highest BCUT2D eigenvalue weighted by Crippen LogP contribution is 2.35. The summed E-state index contributed by atoms with van der Waals surface area (Å²) < 4.78 is 15.8. The van der Waals surface area contributed by atoms with E-state index in [1.165, 1.54) is 12.4 Å². The molecule has 0 spiro atoms. The highest BCUT2D eigenvalue weighted by atomic mass is 19.1. The molecule has 7 nitrogen and oxygen atoms in total. The zero-order chi connectivity index (χ0) is 21.4. The maximum absolute atomic E-state index is 13.9. The zero-order valence-corrected chi connectivity index (χ0v) is 16.7. The highest BCUT2D eigenvalue weighted by molar-refractivity contribution is 6.02. The second kappa shape index (κ2) is 7.72. The Labute approximate surface area is 172 Å². The van der Waals surface area contributed by atoms with Crippen molar-refractivity contribution in [1.82, 2.24) is 14.5 Å². The maximum Gasteiger partial charge on any atom is 0.257 e. The molecule has 2 aromatic heterocycles. The molecule has 1 aromatic carbocycles. The largest absolute Gasteiger partial charge is 0.383 e. The number of allylic oxidation sites excluding steroid dienone is 2. The predicted molar refractivity (Wildman–Crippen MR) is 114 cm³/mol. The Kier molecular flexibility index (Phi) is 5.09. The number of aromatic nitrogens is 3. The van der Waals surface area contributed by atoms with Crippen LogP contribution in [0.25, 0.3) is 22.2 Å². The van der Waals surface area contributed by atoms with Crippen LogP contribution in [0.1, 0.15) is 18.4 Å². The molecule has 0 saturated carbocycles. The number of carbonyl (C=O) groups is 1. The molecule has 1 unspecified atom stereocenters. The van der Waals surface area contributed by atoms with Gasteiger partial charge < -0.3 is 20.7 Å². The molecule has 2 heterocycles. The molecule has 4 N–H and O–H groups in total. The maximum atomic E-state index is 13.9. The Morgan fingerprint density at radius 3 is 2.87 bits per heavy atom. The van der Waals surface area contributed by atoms with E-state index < -0.39 is 17.8 Å². The molecule has 0 saturated heterocycles. The van der Waals surface area contributed by atoms with Crippen molar-refractivity contribution in [1.29, 1.82) is 0 Å². The van der Waals surface area contributed by atoms with Gasteiger partial charge in [0.25, 0.3) is 5.91 Å². The van der Waals surface area contributed by atoms with E-state index in [1.54, 1.807) is 18.2 Å². The number of nitrogens with two attached hydrogens (primary N) is 1. The smallest absolute Gasteiger partial charge is 0.257 e. The van der Waals surface area contributed by atoms with Crippen molar-refractivity contribution in [3.05, 3.63) is 59.8 Å². The lowest BCUT2D eigenvalue weighted by molar-refractivity contribution is -0.122. The van der Waals surface area contributed by atoms with Crippen LogP contribution in [0.4, 0.5) is 15.9 Å². The SMILES string of the molecule is Cc1cc(NC(=O)C(O)C2=C(F)CCC=C2)ccc1-c1cn(C)c2ncnc(N)c12. The average molecular weight is 407 g/mol. The third-order valence-corrected chi connectivity index (χ3v) is 5.25. The number of amides is 1. The number of aliphatic hydroxyl groups is 1. The summed E-state index contributed by atoms with van der Waals surface area (Å²) in [6.07, 6.45) is 5.77. The molecule has 1 atom stereocenters. The number of aliphatic hydroxyl groups excluding tert-OH is 1. The monoisotopic (exact) mass is 407 g/mol. The fourth-order valence-corrected chi connectivity index (χ4v) is 3.73. The highest BCUT2D eigenvalue weighted by Gasteiger charge is 2.23. The van der Waals surface area contributed by atoms with Crippen molar-refractivity contribution in [2.75, 3.05) is 11.1 Å². The average Bonchev–Trinajstić information content (AvgIpc) is 3.05. The van der Waals surface area contributed by atoms with Crippen LogP contribution < -0.4 is 11.1 Å². The molecule has 0 radical (unpaired) electrons. The Morgan fingerprint density at radius 1 is 1.33 bits per heavy atom. The summed E-state index contributed by atoms with van der Waals surface area (Å²) in [5.41, 5.74) is 10.0. The van der Waals surface area contributed by atoms with Crippen LogP contribution in [0, 0.1) is 6.92 Å².